The highest BCUT2D eigenvalue weighted by Gasteiger charge is 2.39. The van der Waals surface area contributed by atoms with E-state index in [9.17, 15) is 18.4 Å². The number of Topliss-reactive ketones (excluding diaryl/α,β-unsaturated/α-hetero) is 2. The van der Waals surface area contributed by atoms with Crippen molar-refractivity contribution in [1.29, 1.82) is 0 Å². The van der Waals surface area contributed by atoms with E-state index in [4.69, 9.17) is 4.74 Å². The van der Waals surface area contributed by atoms with Crippen molar-refractivity contribution in [3.05, 3.63) is 64.7 Å². The molecule has 0 radical (unpaired) electrons. The first kappa shape index (κ1) is 23.6. The molecule has 1 saturated heterocycles. The maximum atomic E-state index is 14.9. The second-order valence-electron chi connectivity index (χ2n) is 9.13. The molecule has 1 fully saturated rings. The summed E-state index contributed by atoms with van der Waals surface area (Å²) in [5.41, 5.74) is 1.02. The quantitative estimate of drug-likeness (QED) is 0.501. The van der Waals surface area contributed by atoms with Gasteiger partial charge in [0.1, 0.15) is 24.2 Å². The summed E-state index contributed by atoms with van der Waals surface area (Å²) < 4.78 is 34.7. The fraction of sp³-hybridized carbons (Fsp3) is 0.481. The molecule has 0 amide bonds. The van der Waals surface area contributed by atoms with Crippen LogP contribution < -0.4 is 10.1 Å². The summed E-state index contributed by atoms with van der Waals surface area (Å²) in [4.78, 5) is 25.8. The van der Waals surface area contributed by atoms with E-state index >= 15 is 0 Å². The molecule has 4 nitrogen and oxygen atoms in total. The average Bonchev–Trinajstić information content (AvgIpc) is 3.22. The van der Waals surface area contributed by atoms with Gasteiger partial charge in [-0.3, -0.25) is 9.59 Å². The van der Waals surface area contributed by atoms with Crippen LogP contribution in [-0.2, 0) is 0 Å². The number of piperidine rings is 1. The lowest BCUT2D eigenvalue weighted by atomic mass is 9.85. The number of ketones is 2. The van der Waals surface area contributed by atoms with E-state index < -0.39 is 24.4 Å². The number of carbonyl (C=O) groups excluding carboxylic acids is 2. The minimum absolute atomic E-state index is 0.133. The molecule has 2 aliphatic rings. The molecule has 0 aromatic heterocycles. The number of carbonyl (C=O) groups is 2. The Labute approximate surface area is 193 Å². The number of fused-ring (bicyclic) bond motifs is 1. The Hall–Kier alpha value is -2.60. The summed E-state index contributed by atoms with van der Waals surface area (Å²) in [7, 11) is 0. The predicted octanol–water partition coefficient (Wildman–Crippen LogP) is 5.59. The molecule has 33 heavy (non-hydrogen) atoms. The molecule has 0 aliphatic carbocycles. The SMILES string of the molecule is CCC(=O)c1cc(C(=O)CCC[C@]2(F)CCCNC2)cc2c1O[C@H](CF)[C@H]2c1ccccc1. The van der Waals surface area contributed by atoms with E-state index in [1.165, 1.54) is 0 Å². The second kappa shape index (κ2) is 10.1. The maximum Gasteiger partial charge on any atom is 0.166 e. The van der Waals surface area contributed by atoms with Crippen molar-refractivity contribution in [3.63, 3.8) is 0 Å². The third-order valence-electron chi connectivity index (χ3n) is 6.80. The zero-order chi connectivity index (χ0) is 23.4. The molecule has 3 atom stereocenters. The molecule has 0 saturated carbocycles. The lowest BCUT2D eigenvalue weighted by Crippen LogP contribution is -2.42. The van der Waals surface area contributed by atoms with Gasteiger partial charge in [-0.25, -0.2) is 8.78 Å². The first-order valence-electron chi connectivity index (χ1n) is 11.9. The molecule has 6 heteroatoms. The standard InChI is InChI=1S/C27H31F2NO3/c1-2-22(31)20-14-19(23(32)10-6-11-27(29)12-7-13-30-17-27)15-21-25(18-8-4-3-5-9-18)24(16-28)33-26(20)21/h3-5,8-9,14-15,24-25,30H,2,6-7,10-13,16-17H2,1H3/t24-,25+,27+/m1/s1. The van der Waals surface area contributed by atoms with Crippen LogP contribution >= 0.6 is 0 Å². The molecular weight excluding hydrogens is 424 g/mol. The van der Waals surface area contributed by atoms with Crippen LogP contribution in [0.3, 0.4) is 0 Å². The predicted molar refractivity (Wildman–Crippen MR) is 124 cm³/mol. The number of benzene rings is 2. The van der Waals surface area contributed by atoms with Gasteiger partial charge in [-0.1, -0.05) is 37.3 Å². The van der Waals surface area contributed by atoms with E-state index in [-0.39, 0.29) is 24.4 Å². The van der Waals surface area contributed by atoms with Gasteiger partial charge in [0.25, 0.3) is 0 Å². The summed E-state index contributed by atoms with van der Waals surface area (Å²) in [6, 6.07) is 12.8. The first-order chi connectivity index (χ1) is 16.0. The highest BCUT2D eigenvalue weighted by atomic mass is 19.1. The van der Waals surface area contributed by atoms with Crippen LogP contribution in [0, 0.1) is 0 Å². The van der Waals surface area contributed by atoms with Gasteiger partial charge in [-0.15, -0.1) is 0 Å². The van der Waals surface area contributed by atoms with Gasteiger partial charge < -0.3 is 10.1 Å². The van der Waals surface area contributed by atoms with Gasteiger partial charge in [-0.05, 0) is 49.9 Å². The van der Waals surface area contributed by atoms with Crippen molar-refractivity contribution < 1.29 is 23.1 Å². The summed E-state index contributed by atoms with van der Waals surface area (Å²) in [6.45, 7) is 2.21. The van der Waals surface area contributed by atoms with Crippen molar-refractivity contribution in [3.8, 4) is 5.75 Å². The number of hydrogen-bond acceptors (Lipinski definition) is 4. The van der Waals surface area contributed by atoms with Gasteiger partial charge in [0.15, 0.2) is 11.6 Å². The van der Waals surface area contributed by atoms with E-state index in [1.54, 1.807) is 19.1 Å². The summed E-state index contributed by atoms with van der Waals surface area (Å²) in [5.74, 6) is -0.301. The molecule has 2 aliphatic heterocycles. The Morgan fingerprint density at radius 1 is 1.18 bits per heavy atom. The third-order valence-corrected chi connectivity index (χ3v) is 6.80. The van der Waals surface area contributed by atoms with Crippen LogP contribution in [0.4, 0.5) is 8.78 Å². The fourth-order valence-corrected chi connectivity index (χ4v) is 5.02. The molecule has 2 aromatic rings. The van der Waals surface area contributed by atoms with Gasteiger partial charge in [-0.2, -0.15) is 0 Å². The lowest BCUT2D eigenvalue weighted by molar-refractivity contribution is 0.0925. The van der Waals surface area contributed by atoms with E-state index in [0.717, 1.165) is 18.5 Å². The lowest BCUT2D eigenvalue weighted by Gasteiger charge is -2.30. The van der Waals surface area contributed by atoms with Gasteiger partial charge >= 0.3 is 0 Å². The van der Waals surface area contributed by atoms with Gasteiger partial charge in [0.2, 0.25) is 0 Å². The van der Waals surface area contributed by atoms with Crippen molar-refractivity contribution >= 4 is 11.6 Å². The molecule has 0 bridgehead atoms. The Morgan fingerprint density at radius 3 is 2.64 bits per heavy atom. The van der Waals surface area contributed by atoms with Crippen LogP contribution in [-0.4, -0.2) is 43.1 Å². The third kappa shape index (κ3) is 5.01. The Kier molecular flexibility index (Phi) is 7.23. The van der Waals surface area contributed by atoms with E-state index in [0.29, 0.717) is 48.2 Å². The van der Waals surface area contributed by atoms with Gasteiger partial charge in [0, 0.05) is 30.5 Å². The second-order valence-corrected chi connectivity index (χ2v) is 9.13. The molecule has 2 heterocycles. The monoisotopic (exact) mass is 455 g/mol. The van der Waals surface area contributed by atoms with Crippen molar-refractivity contribution in [2.24, 2.45) is 0 Å². The minimum Gasteiger partial charge on any atom is -0.486 e. The van der Waals surface area contributed by atoms with Crippen molar-refractivity contribution in [2.45, 2.75) is 63.1 Å². The zero-order valence-electron chi connectivity index (χ0n) is 19.0. The summed E-state index contributed by atoms with van der Waals surface area (Å²) in [6.07, 6.45) is 1.79. The summed E-state index contributed by atoms with van der Waals surface area (Å²) in [5, 5.41) is 3.09. The molecule has 4 rings (SSSR count). The Bertz CT molecular complexity index is 1000. The van der Waals surface area contributed by atoms with E-state index in [1.807, 2.05) is 30.3 Å². The smallest absolute Gasteiger partial charge is 0.166 e. The van der Waals surface area contributed by atoms with Gasteiger partial charge in [0.05, 0.1) is 11.5 Å². The Morgan fingerprint density at radius 2 is 1.97 bits per heavy atom. The van der Waals surface area contributed by atoms with Crippen LogP contribution in [0.2, 0.25) is 0 Å². The number of hydrogen-bond donors (Lipinski definition) is 1. The van der Waals surface area contributed by atoms with Crippen molar-refractivity contribution in [2.75, 3.05) is 19.8 Å². The van der Waals surface area contributed by atoms with Crippen LogP contribution in [0.5, 0.6) is 5.75 Å². The largest absolute Gasteiger partial charge is 0.486 e. The van der Waals surface area contributed by atoms with Crippen molar-refractivity contribution in [1.82, 2.24) is 5.32 Å². The molecule has 0 unspecified atom stereocenters. The van der Waals surface area contributed by atoms with Crippen LogP contribution in [0.25, 0.3) is 0 Å². The minimum atomic E-state index is -1.26. The Balaban J connectivity index is 1.62. The normalized spacial score (nSPS) is 24.2. The number of ether oxygens (including phenoxy) is 1. The molecule has 0 spiro atoms. The number of nitrogens with one attached hydrogen (secondary N) is 1. The highest BCUT2D eigenvalue weighted by molar-refractivity contribution is 6.04. The van der Waals surface area contributed by atoms with Crippen LogP contribution in [0.1, 0.15) is 83.2 Å². The van der Waals surface area contributed by atoms with E-state index in [2.05, 4.69) is 5.32 Å². The maximum absolute atomic E-state index is 14.9. The fourth-order valence-electron chi connectivity index (χ4n) is 5.02. The molecule has 176 valence electrons. The zero-order valence-corrected chi connectivity index (χ0v) is 19.0. The summed E-state index contributed by atoms with van der Waals surface area (Å²) >= 11 is 0. The topological polar surface area (TPSA) is 55.4 Å². The molecule has 1 N–H and O–H groups in total. The van der Waals surface area contributed by atoms with Crippen LogP contribution in [0.15, 0.2) is 42.5 Å². The highest BCUT2D eigenvalue weighted by Crippen LogP contribution is 2.45. The molecular formula is C27H31F2NO3. The average molecular weight is 456 g/mol. The molecule has 2 aromatic carbocycles. The number of alkyl halides is 2. The number of rotatable bonds is 9. The number of halogens is 2. The first-order valence-corrected chi connectivity index (χ1v) is 11.9.